The molecule has 1 atom stereocenters. The molecule has 0 N–H and O–H groups in total. The SMILES string of the molecule is CC[C@@H]1CCCN(C(=O)c2ccc(S(=O)(=O)CCOC)cc2)C1. The zero-order valence-corrected chi connectivity index (χ0v) is 14.6. The van der Waals surface area contributed by atoms with Crippen molar-refractivity contribution in [2.24, 2.45) is 5.92 Å². The molecule has 23 heavy (non-hydrogen) atoms. The second-order valence-corrected chi connectivity index (χ2v) is 8.11. The Morgan fingerprint density at radius 2 is 2.00 bits per heavy atom. The van der Waals surface area contributed by atoms with Crippen LogP contribution in [-0.2, 0) is 14.6 Å². The minimum atomic E-state index is -3.35. The van der Waals surface area contributed by atoms with Crippen molar-refractivity contribution in [1.29, 1.82) is 0 Å². The Balaban J connectivity index is 2.08. The number of hydrogen-bond acceptors (Lipinski definition) is 4. The van der Waals surface area contributed by atoms with Crippen molar-refractivity contribution >= 4 is 15.7 Å². The number of methoxy groups -OCH3 is 1. The second-order valence-electron chi connectivity index (χ2n) is 6.00. The zero-order valence-electron chi connectivity index (χ0n) is 13.8. The fourth-order valence-corrected chi connectivity index (χ4v) is 4.05. The lowest BCUT2D eigenvalue weighted by Crippen LogP contribution is -2.39. The van der Waals surface area contributed by atoms with Crippen LogP contribution in [0.3, 0.4) is 0 Å². The highest BCUT2D eigenvalue weighted by molar-refractivity contribution is 7.91. The number of carbonyl (C=O) groups excluding carboxylic acids is 1. The molecule has 1 amide bonds. The van der Waals surface area contributed by atoms with Crippen molar-refractivity contribution < 1.29 is 17.9 Å². The molecule has 1 aliphatic heterocycles. The average Bonchev–Trinajstić information content (AvgIpc) is 2.59. The molecule has 0 spiro atoms. The second kappa shape index (κ2) is 7.93. The van der Waals surface area contributed by atoms with Crippen molar-refractivity contribution in [3.8, 4) is 0 Å². The van der Waals surface area contributed by atoms with E-state index in [0.717, 1.165) is 25.9 Å². The first-order chi connectivity index (χ1) is 11.0. The molecule has 1 fully saturated rings. The maximum atomic E-state index is 12.6. The monoisotopic (exact) mass is 339 g/mol. The molecule has 1 saturated heterocycles. The third-order valence-corrected chi connectivity index (χ3v) is 6.09. The summed E-state index contributed by atoms with van der Waals surface area (Å²) in [5.41, 5.74) is 0.549. The molecule has 6 heteroatoms. The van der Waals surface area contributed by atoms with Gasteiger partial charge in [-0.3, -0.25) is 4.79 Å². The van der Waals surface area contributed by atoms with Crippen LogP contribution in [0.5, 0.6) is 0 Å². The summed E-state index contributed by atoms with van der Waals surface area (Å²) in [6.07, 6.45) is 3.30. The lowest BCUT2D eigenvalue weighted by molar-refractivity contribution is 0.0671. The Kier molecular flexibility index (Phi) is 6.18. The van der Waals surface area contributed by atoms with Gasteiger partial charge in [-0.05, 0) is 43.0 Å². The van der Waals surface area contributed by atoms with Crippen LogP contribution in [0.25, 0.3) is 0 Å². The van der Waals surface area contributed by atoms with Gasteiger partial charge in [-0.25, -0.2) is 8.42 Å². The highest BCUT2D eigenvalue weighted by Crippen LogP contribution is 2.21. The standard InChI is InChI=1S/C17H25NO4S/c1-3-14-5-4-10-18(13-14)17(19)15-6-8-16(9-7-15)23(20,21)12-11-22-2/h6-9,14H,3-5,10-13H2,1-2H3/t14-/m1/s1. The molecule has 128 valence electrons. The molecule has 0 aromatic heterocycles. The highest BCUT2D eigenvalue weighted by Gasteiger charge is 2.24. The van der Waals surface area contributed by atoms with Gasteiger partial charge in [0, 0.05) is 25.8 Å². The molecule has 0 unspecified atom stereocenters. The van der Waals surface area contributed by atoms with Gasteiger partial charge in [-0.15, -0.1) is 0 Å². The third kappa shape index (κ3) is 4.54. The van der Waals surface area contributed by atoms with Gasteiger partial charge in [0.15, 0.2) is 9.84 Å². The van der Waals surface area contributed by atoms with E-state index < -0.39 is 9.84 Å². The fraction of sp³-hybridized carbons (Fsp3) is 0.588. The number of likely N-dealkylation sites (tertiary alicyclic amines) is 1. The van der Waals surface area contributed by atoms with E-state index in [-0.39, 0.29) is 23.2 Å². The molecule has 0 radical (unpaired) electrons. The molecule has 1 heterocycles. The van der Waals surface area contributed by atoms with Gasteiger partial charge in [0.2, 0.25) is 0 Å². The lowest BCUT2D eigenvalue weighted by Gasteiger charge is -2.32. The van der Waals surface area contributed by atoms with Gasteiger partial charge in [-0.1, -0.05) is 13.3 Å². The van der Waals surface area contributed by atoms with Gasteiger partial charge in [0.05, 0.1) is 17.3 Å². The van der Waals surface area contributed by atoms with Crippen LogP contribution in [0.15, 0.2) is 29.2 Å². The van der Waals surface area contributed by atoms with Crippen LogP contribution >= 0.6 is 0 Å². The number of hydrogen-bond donors (Lipinski definition) is 0. The third-order valence-electron chi connectivity index (χ3n) is 4.40. The van der Waals surface area contributed by atoms with Crippen molar-refractivity contribution in [1.82, 2.24) is 4.90 Å². The van der Waals surface area contributed by atoms with E-state index in [1.54, 1.807) is 12.1 Å². The Labute approximate surface area is 138 Å². The molecule has 1 aromatic rings. The first-order valence-corrected chi connectivity index (χ1v) is 9.74. The van der Waals surface area contributed by atoms with Crippen molar-refractivity contribution in [2.75, 3.05) is 32.6 Å². The first-order valence-electron chi connectivity index (χ1n) is 8.09. The summed E-state index contributed by atoms with van der Waals surface area (Å²) in [4.78, 5) is 14.7. The summed E-state index contributed by atoms with van der Waals surface area (Å²) >= 11 is 0. The van der Waals surface area contributed by atoms with Gasteiger partial charge in [0.1, 0.15) is 0 Å². The van der Waals surface area contributed by atoms with E-state index in [0.29, 0.717) is 11.5 Å². The minimum Gasteiger partial charge on any atom is -0.384 e. The largest absolute Gasteiger partial charge is 0.384 e. The summed E-state index contributed by atoms with van der Waals surface area (Å²) < 4.78 is 29.0. The van der Waals surface area contributed by atoms with Crippen molar-refractivity contribution in [2.45, 2.75) is 31.1 Å². The molecule has 1 aliphatic rings. The van der Waals surface area contributed by atoms with Gasteiger partial charge in [0.25, 0.3) is 5.91 Å². The molecular formula is C17H25NO4S. The number of sulfone groups is 1. The molecule has 5 nitrogen and oxygen atoms in total. The molecule has 0 saturated carbocycles. The lowest BCUT2D eigenvalue weighted by atomic mass is 9.95. The molecule has 2 rings (SSSR count). The maximum absolute atomic E-state index is 12.6. The Bertz CT molecular complexity index is 624. The number of nitrogens with zero attached hydrogens (tertiary/aromatic N) is 1. The van der Waals surface area contributed by atoms with Crippen LogP contribution in [0.2, 0.25) is 0 Å². The van der Waals surface area contributed by atoms with Gasteiger partial charge in [-0.2, -0.15) is 0 Å². The van der Waals surface area contributed by atoms with E-state index >= 15 is 0 Å². The van der Waals surface area contributed by atoms with E-state index in [1.165, 1.54) is 25.7 Å². The smallest absolute Gasteiger partial charge is 0.253 e. The van der Waals surface area contributed by atoms with E-state index in [1.807, 2.05) is 4.90 Å². The summed E-state index contributed by atoms with van der Waals surface area (Å²) in [5, 5.41) is 0. The van der Waals surface area contributed by atoms with Crippen LogP contribution in [0.4, 0.5) is 0 Å². The number of carbonyl (C=O) groups is 1. The zero-order chi connectivity index (χ0) is 16.9. The van der Waals surface area contributed by atoms with Crippen LogP contribution in [0, 0.1) is 5.92 Å². The number of ether oxygens (including phenoxy) is 1. The number of benzene rings is 1. The number of rotatable bonds is 6. The number of piperidine rings is 1. The maximum Gasteiger partial charge on any atom is 0.253 e. The Morgan fingerprint density at radius 1 is 1.30 bits per heavy atom. The van der Waals surface area contributed by atoms with E-state index in [9.17, 15) is 13.2 Å². The molecule has 0 aliphatic carbocycles. The molecule has 0 bridgehead atoms. The summed E-state index contributed by atoms with van der Waals surface area (Å²) in [5.74, 6) is 0.506. The topological polar surface area (TPSA) is 63.7 Å². The van der Waals surface area contributed by atoms with Crippen molar-refractivity contribution in [3.63, 3.8) is 0 Å². The summed E-state index contributed by atoms with van der Waals surface area (Å²) in [6.45, 7) is 3.89. The predicted octanol–water partition coefficient (Wildman–Crippen LogP) is 2.37. The van der Waals surface area contributed by atoms with E-state index in [4.69, 9.17) is 4.74 Å². The molecular weight excluding hydrogens is 314 g/mol. The average molecular weight is 339 g/mol. The fourth-order valence-electron chi connectivity index (χ4n) is 2.88. The van der Waals surface area contributed by atoms with Crippen LogP contribution in [0.1, 0.15) is 36.5 Å². The van der Waals surface area contributed by atoms with Gasteiger partial charge < -0.3 is 9.64 Å². The highest BCUT2D eigenvalue weighted by atomic mass is 32.2. The van der Waals surface area contributed by atoms with Crippen LogP contribution < -0.4 is 0 Å². The molecule has 1 aromatic carbocycles. The van der Waals surface area contributed by atoms with E-state index in [2.05, 4.69) is 6.92 Å². The summed E-state index contributed by atoms with van der Waals surface area (Å²) in [7, 11) is -1.88. The Hall–Kier alpha value is -1.40. The van der Waals surface area contributed by atoms with Gasteiger partial charge >= 0.3 is 0 Å². The minimum absolute atomic E-state index is 0.0102. The first kappa shape index (κ1) is 17.9. The quantitative estimate of drug-likeness (QED) is 0.798. The van der Waals surface area contributed by atoms with Crippen molar-refractivity contribution in [3.05, 3.63) is 29.8 Å². The predicted molar refractivity (Wildman–Crippen MR) is 89.3 cm³/mol. The van der Waals surface area contributed by atoms with Crippen LogP contribution in [-0.4, -0.2) is 51.8 Å². The normalized spacial score (nSPS) is 18.9. The number of amides is 1. The Morgan fingerprint density at radius 3 is 2.61 bits per heavy atom. The summed E-state index contributed by atoms with van der Waals surface area (Å²) in [6, 6.07) is 6.24.